The third-order valence-electron chi connectivity index (χ3n) is 2.49. The molecule has 0 saturated carbocycles. The van der Waals surface area contributed by atoms with Crippen molar-refractivity contribution < 1.29 is 23.0 Å². The Kier molecular flexibility index (Phi) is 3.39. The van der Waals surface area contributed by atoms with Crippen LogP contribution in [-0.2, 0) is 0 Å². The Morgan fingerprint density at radius 3 is 2.35 bits per heavy atom. The zero-order valence-electron chi connectivity index (χ0n) is 10.2. The highest BCUT2D eigenvalue weighted by Crippen LogP contribution is 2.25. The Labute approximate surface area is 110 Å². The van der Waals surface area contributed by atoms with Crippen molar-refractivity contribution in [3.8, 4) is 23.0 Å². The van der Waals surface area contributed by atoms with Gasteiger partial charge in [-0.3, -0.25) is 4.79 Å². The second kappa shape index (κ2) is 4.87. The molecule has 2 N–H and O–H groups in total. The summed E-state index contributed by atoms with van der Waals surface area (Å²) < 4.78 is 39.7. The van der Waals surface area contributed by atoms with Crippen molar-refractivity contribution in [2.75, 3.05) is 0 Å². The van der Waals surface area contributed by atoms with Crippen LogP contribution in [0, 0.1) is 6.92 Å². The van der Waals surface area contributed by atoms with Crippen molar-refractivity contribution >= 4 is 0 Å². The molecule has 5 nitrogen and oxygen atoms in total. The predicted octanol–water partition coefficient (Wildman–Crippen LogP) is 2.35. The summed E-state index contributed by atoms with van der Waals surface area (Å²) >= 11 is 0. The van der Waals surface area contributed by atoms with Gasteiger partial charge in [0, 0.05) is 5.56 Å². The molecular weight excluding hydrogens is 277 g/mol. The molecule has 1 aromatic heterocycles. The molecule has 2 aromatic rings. The van der Waals surface area contributed by atoms with Gasteiger partial charge < -0.3 is 14.8 Å². The lowest BCUT2D eigenvalue weighted by Crippen LogP contribution is -2.17. The van der Waals surface area contributed by atoms with Crippen molar-refractivity contribution in [2.45, 2.75) is 13.3 Å². The fourth-order valence-electron chi connectivity index (χ4n) is 1.47. The third kappa shape index (κ3) is 3.08. The fraction of sp³-hybridized carbons (Fsp3) is 0.167. The monoisotopic (exact) mass is 286 g/mol. The summed E-state index contributed by atoms with van der Waals surface area (Å²) in [5.74, 6) is -0.768. The number of benzene rings is 1. The molecule has 8 heteroatoms. The smallest absolute Gasteiger partial charge is 0.493 e. The predicted molar refractivity (Wildman–Crippen MR) is 63.4 cm³/mol. The van der Waals surface area contributed by atoms with Gasteiger partial charge in [0.2, 0.25) is 5.88 Å². The Balaban J connectivity index is 2.33. The van der Waals surface area contributed by atoms with E-state index in [0.29, 0.717) is 5.56 Å². The molecule has 0 bridgehead atoms. The van der Waals surface area contributed by atoms with Crippen LogP contribution in [0.2, 0.25) is 0 Å². The van der Waals surface area contributed by atoms with Gasteiger partial charge in [0.1, 0.15) is 11.6 Å². The van der Waals surface area contributed by atoms with Crippen LogP contribution in [0.25, 0.3) is 11.4 Å². The standard InChI is InChI=1S/C12H9F3N2O3/c1-6-10(18)16-9(17-11(6)19)7-2-4-8(5-3-7)20-12(13,14)15/h2-5H,1H3,(H2,16,17,18,19). The maximum absolute atomic E-state index is 12.0. The van der Waals surface area contributed by atoms with Gasteiger partial charge in [-0.05, 0) is 31.2 Å². The highest BCUT2D eigenvalue weighted by molar-refractivity contribution is 5.56. The lowest BCUT2D eigenvalue weighted by Gasteiger charge is -2.09. The summed E-state index contributed by atoms with van der Waals surface area (Å²) in [6.45, 7) is 1.39. The van der Waals surface area contributed by atoms with Crippen LogP contribution >= 0.6 is 0 Å². The average molecular weight is 286 g/mol. The Hall–Kier alpha value is -2.51. The molecule has 0 unspecified atom stereocenters. The summed E-state index contributed by atoms with van der Waals surface area (Å²) in [6, 6.07) is 4.74. The first-order valence-corrected chi connectivity index (χ1v) is 5.42. The van der Waals surface area contributed by atoms with Crippen molar-refractivity contribution in [2.24, 2.45) is 0 Å². The maximum Gasteiger partial charge on any atom is 0.573 e. The average Bonchev–Trinajstić information content (AvgIpc) is 2.34. The minimum absolute atomic E-state index is 0.0525. The minimum atomic E-state index is -4.77. The topological polar surface area (TPSA) is 75.2 Å². The van der Waals surface area contributed by atoms with Gasteiger partial charge in [-0.2, -0.15) is 4.98 Å². The molecule has 0 aliphatic heterocycles. The largest absolute Gasteiger partial charge is 0.573 e. The number of hydrogen-bond donors (Lipinski definition) is 2. The number of rotatable bonds is 2. The van der Waals surface area contributed by atoms with Crippen molar-refractivity contribution in [1.82, 2.24) is 9.97 Å². The number of aromatic nitrogens is 2. The van der Waals surface area contributed by atoms with E-state index in [1.807, 2.05) is 0 Å². The van der Waals surface area contributed by atoms with Crippen LogP contribution in [-0.4, -0.2) is 21.4 Å². The zero-order chi connectivity index (χ0) is 14.9. The lowest BCUT2D eigenvalue weighted by molar-refractivity contribution is -0.274. The first-order chi connectivity index (χ1) is 9.26. The van der Waals surface area contributed by atoms with Crippen molar-refractivity contribution in [3.63, 3.8) is 0 Å². The number of aromatic hydroxyl groups is 1. The van der Waals surface area contributed by atoms with E-state index in [2.05, 4.69) is 14.7 Å². The van der Waals surface area contributed by atoms with Gasteiger partial charge in [0.15, 0.2) is 0 Å². The van der Waals surface area contributed by atoms with Crippen LogP contribution in [0.5, 0.6) is 11.6 Å². The van der Waals surface area contributed by atoms with Crippen molar-refractivity contribution in [3.05, 3.63) is 40.2 Å². The summed E-state index contributed by atoms with van der Waals surface area (Å²) in [5, 5.41) is 9.45. The molecule has 1 heterocycles. The molecule has 2 rings (SSSR count). The van der Waals surface area contributed by atoms with E-state index in [0.717, 1.165) is 12.1 Å². The number of nitrogens with one attached hydrogen (secondary N) is 1. The number of hydrogen-bond acceptors (Lipinski definition) is 4. The zero-order valence-corrected chi connectivity index (χ0v) is 10.2. The van der Waals surface area contributed by atoms with Gasteiger partial charge in [0.25, 0.3) is 5.56 Å². The van der Waals surface area contributed by atoms with Gasteiger partial charge >= 0.3 is 6.36 Å². The maximum atomic E-state index is 12.0. The molecule has 106 valence electrons. The summed E-state index contributed by atoms with van der Waals surface area (Å²) in [4.78, 5) is 17.6. The summed E-state index contributed by atoms with van der Waals surface area (Å²) in [7, 11) is 0. The first-order valence-electron chi connectivity index (χ1n) is 5.42. The van der Waals surface area contributed by atoms with E-state index in [1.54, 1.807) is 0 Å². The molecular formula is C12H9F3N2O3. The Bertz CT molecular complexity index is 678. The number of aromatic amines is 1. The Morgan fingerprint density at radius 1 is 1.25 bits per heavy atom. The molecule has 0 spiro atoms. The summed E-state index contributed by atoms with van der Waals surface area (Å²) in [5.41, 5.74) is -0.124. The normalized spacial score (nSPS) is 11.4. The van der Waals surface area contributed by atoms with Crippen LogP contribution in [0.15, 0.2) is 29.1 Å². The van der Waals surface area contributed by atoms with E-state index in [9.17, 15) is 23.1 Å². The van der Waals surface area contributed by atoms with Crippen molar-refractivity contribution in [1.29, 1.82) is 0 Å². The number of halogens is 3. The van der Waals surface area contributed by atoms with Crippen LogP contribution in [0.3, 0.4) is 0 Å². The van der Waals surface area contributed by atoms with Gasteiger partial charge in [0.05, 0.1) is 5.56 Å². The molecule has 0 aliphatic carbocycles. The number of ether oxygens (including phenoxy) is 1. The molecule has 0 atom stereocenters. The van der Waals surface area contributed by atoms with Gasteiger partial charge in [-0.25, -0.2) is 0 Å². The SMILES string of the molecule is Cc1c(O)nc(-c2ccc(OC(F)(F)F)cc2)[nH]c1=O. The molecule has 0 amide bonds. The molecule has 0 saturated heterocycles. The van der Waals surface area contributed by atoms with E-state index in [-0.39, 0.29) is 17.1 Å². The van der Waals surface area contributed by atoms with Crippen LogP contribution in [0.4, 0.5) is 13.2 Å². The van der Waals surface area contributed by atoms with E-state index in [4.69, 9.17) is 0 Å². The third-order valence-corrected chi connectivity index (χ3v) is 2.49. The van der Waals surface area contributed by atoms with E-state index < -0.39 is 17.8 Å². The summed E-state index contributed by atoms with van der Waals surface area (Å²) in [6.07, 6.45) is -4.77. The first kappa shape index (κ1) is 13.9. The van der Waals surface area contributed by atoms with Gasteiger partial charge in [-0.1, -0.05) is 0 Å². The van der Waals surface area contributed by atoms with Crippen LogP contribution < -0.4 is 10.3 Å². The van der Waals surface area contributed by atoms with Crippen LogP contribution in [0.1, 0.15) is 5.56 Å². The second-order valence-corrected chi connectivity index (χ2v) is 3.94. The number of nitrogens with zero attached hydrogens (tertiary/aromatic N) is 1. The molecule has 0 fully saturated rings. The second-order valence-electron chi connectivity index (χ2n) is 3.94. The number of H-pyrrole nitrogens is 1. The molecule has 1 aromatic carbocycles. The molecule has 0 aliphatic rings. The highest BCUT2D eigenvalue weighted by Gasteiger charge is 2.30. The quantitative estimate of drug-likeness (QED) is 0.888. The Morgan fingerprint density at radius 2 is 1.85 bits per heavy atom. The highest BCUT2D eigenvalue weighted by atomic mass is 19.4. The van der Waals surface area contributed by atoms with E-state index in [1.165, 1.54) is 19.1 Å². The van der Waals surface area contributed by atoms with Gasteiger partial charge in [-0.15, -0.1) is 13.2 Å². The molecule has 20 heavy (non-hydrogen) atoms. The fourth-order valence-corrected chi connectivity index (χ4v) is 1.47. The van der Waals surface area contributed by atoms with E-state index >= 15 is 0 Å². The minimum Gasteiger partial charge on any atom is -0.493 e. The molecule has 0 radical (unpaired) electrons. The lowest BCUT2D eigenvalue weighted by atomic mass is 10.2. The number of alkyl halides is 3.